The zero-order chi connectivity index (χ0) is 21.5. The summed E-state index contributed by atoms with van der Waals surface area (Å²) < 4.78 is 21.0. The van der Waals surface area contributed by atoms with Gasteiger partial charge in [0.2, 0.25) is 11.7 Å². The molecule has 0 spiro atoms. The molecule has 1 rings (SSSR count). The van der Waals surface area contributed by atoms with Crippen molar-refractivity contribution in [1.82, 2.24) is 5.32 Å². The van der Waals surface area contributed by atoms with E-state index in [-0.39, 0.29) is 37.0 Å². The second kappa shape index (κ2) is 10.1. The minimum Gasteiger partial charge on any atom is -0.474 e. The van der Waals surface area contributed by atoms with E-state index in [4.69, 9.17) is 18.9 Å². The summed E-state index contributed by atoms with van der Waals surface area (Å²) in [7, 11) is 1.22. The molecule has 28 heavy (non-hydrogen) atoms. The molecule has 0 aromatic heterocycles. The number of ether oxygens (including phenoxy) is 4. The number of carbonyl (C=O) groups excluding carboxylic acids is 4. The molecular formula is C19H29NO8. The van der Waals surface area contributed by atoms with E-state index in [9.17, 15) is 19.2 Å². The standard InChI is InChI=1S/C19H29NO8/c1-11(2)17(23)20-15-8-7-14(18(24)25-6)28-19(15,5)16(27-13(4)22)9-10-26-12(3)21/h7,11,15-16H,8-10H2,1-6H3,(H,20,23)/t15-,16-,19-/m1/s1. The molecule has 1 N–H and O–H groups in total. The SMILES string of the molecule is COC(=O)C1=CC[C@@H](NC(=O)C(C)C)[C@](C)([C@@H](CCOC(C)=O)OC(C)=O)O1. The van der Waals surface area contributed by atoms with Crippen LogP contribution in [0.5, 0.6) is 0 Å². The normalized spacial score (nSPS) is 22.4. The summed E-state index contributed by atoms with van der Waals surface area (Å²) in [5.74, 6) is -2.25. The van der Waals surface area contributed by atoms with Gasteiger partial charge < -0.3 is 24.3 Å². The second-order valence-corrected chi connectivity index (χ2v) is 7.02. The zero-order valence-corrected chi connectivity index (χ0v) is 17.2. The first-order valence-electron chi connectivity index (χ1n) is 9.09. The van der Waals surface area contributed by atoms with Crippen LogP contribution < -0.4 is 5.32 Å². The highest BCUT2D eigenvalue weighted by Crippen LogP contribution is 2.34. The molecule has 9 nitrogen and oxygen atoms in total. The number of carbonyl (C=O) groups is 4. The summed E-state index contributed by atoms with van der Waals surface area (Å²) in [5, 5.41) is 2.88. The topological polar surface area (TPSA) is 117 Å². The monoisotopic (exact) mass is 399 g/mol. The largest absolute Gasteiger partial charge is 0.474 e. The van der Waals surface area contributed by atoms with E-state index in [1.165, 1.54) is 27.0 Å². The maximum absolute atomic E-state index is 12.3. The molecule has 9 heteroatoms. The third-order valence-corrected chi connectivity index (χ3v) is 4.42. The Balaban J connectivity index is 3.21. The van der Waals surface area contributed by atoms with Crippen molar-refractivity contribution in [3.05, 3.63) is 11.8 Å². The predicted octanol–water partition coefficient (Wildman–Crippen LogP) is 1.25. The van der Waals surface area contributed by atoms with E-state index in [1.807, 2.05) is 0 Å². The number of nitrogens with one attached hydrogen (secondary N) is 1. The van der Waals surface area contributed by atoms with Crippen LogP contribution in [0.3, 0.4) is 0 Å². The van der Waals surface area contributed by atoms with Crippen LogP contribution in [0, 0.1) is 5.92 Å². The molecule has 0 unspecified atom stereocenters. The molecule has 0 bridgehead atoms. The van der Waals surface area contributed by atoms with E-state index in [1.54, 1.807) is 20.8 Å². The molecule has 0 aliphatic carbocycles. The van der Waals surface area contributed by atoms with Crippen LogP contribution >= 0.6 is 0 Å². The second-order valence-electron chi connectivity index (χ2n) is 7.02. The van der Waals surface area contributed by atoms with Crippen LogP contribution in [-0.4, -0.2) is 55.3 Å². The summed E-state index contributed by atoms with van der Waals surface area (Å²) >= 11 is 0. The zero-order valence-electron chi connectivity index (χ0n) is 17.2. The molecule has 1 aliphatic heterocycles. The number of rotatable bonds is 8. The first-order valence-corrected chi connectivity index (χ1v) is 9.09. The minimum absolute atomic E-state index is 0.0195. The third kappa shape index (κ3) is 6.24. The third-order valence-electron chi connectivity index (χ3n) is 4.42. The maximum atomic E-state index is 12.3. The molecule has 0 fully saturated rings. The van der Waals surface area contributed by atoms with Crippen LogP contribution in [0.1, 0.15) is 47.5 Å². The Morgan fingerprint density at radius 2 is 1.89 bits per heavy atom. The van der Waals surface area contributed by atoms with Crippen molar-refractivity contribution in [1.29, 1.82) is 0 Å². The smallest absolute Gasteiger partial charge is 0.372 e. The predicted molar refractivity (Wildman–Crippen MR) is 97.8 cm³/mol. The van der Waals surface area contributed by atoms with E-state index in [2.05, 4.69) is 5.32 Å². The Morgan fingerprint density at radius 1 is 1.25 bits per heavy atom. The fourth-order valence-corrected chi connectivity index (χ4v) is 2.84. The van der Waals surface area contributed by atoms with Gasteiger partial charge in [-0.05, 0) is 19.4 Å². The summed E-state index contributed by atoms with van der Waals surface area (Å²) in [5.41, 5.74) is -1.28. The number of amides is 1. The highest BCUT2D eigenvalue weighted by Gasteiger charge is 2.49. The lowest BCUT2D eigenvalue weighted by Crippen LogP contribution is -2.61. The van der Waals surface area contributed by atoms with Crippen LogP contribution in [0.15, 0.2) is 11.8 Å². The van der Waals surface area contributed by atoms with Gasteiger partial charge in [0.15, 0.2) is 5.60 Å². The van der Waals surface area contributed by atoms with E-state index in [0.717, 1.165) is 0 Å². The van der Waals surface area contributed by atoms with Crippen molar-refractivity contribution >= 4 is 23.8 Å². The Labute approximate surface area is 164 Å². The average Bonchev–Trinajstić information content (AvgIpc) is 2.61. The Kier molecular flexibility index (Phi) is 8.46. The first-order chi connectivity index (χ1) is 13.0. The van der Waals surface area contributed by atoms with Gasteiger partial charge in [-0.25, -0.2) is 4.79 Å². The van der Waals surface area contributed by atoms with Gasteiger partial charge in [0.05, 0.1) is 19.8 Å². The van der Waals surface area contributed by atoms with Crippen LogP contribution in [0.4, 0.5) is 0 Å². The fourth-order valence-electron chi connectivity index (χ4n) is 2.84. The van der Waals surface area contributed by atoms with Crippen LogP contribution in [-0.2, 0) is 38.1 Å². The van der Waals surface area contributed by atoms with Gasteiger partial charge in [0, 0.05) is 26.2 Å². The fraction of sp³-hybridized carbons (Fsp3) is 0.684. The molecule has 1 aliphatic rings. The number of esters is 3. The van der Waals surface area contributed by atoms with Gasteiger partial charge in [-0.15, -0.1) is 0 Å². The van der Waals surface area contributed by atoms with Crippen molar-refractivity contribution in [2.45, 2.75) is 65.2 Å². The van der Waals surface area contributed by atoms with Crippen molar-refractivity contribution in [3.63, 3.8) is 0 Å². The molecule has 1 amide bonds. The van der Waals surface area contributed by atoms with Gasteiger partial charge in [-0.3, -0.25) is 14.4 Å². The molecule has 1 heterocycles. The van der Waals surface area contributed by atoms with Gasteiger partial charge in [0.25, 0.3) is 0 Å². The van der Waals surface area contributed by atoms with E-state index < -0.39 is 35.7 Å². The van der Waals surface area contributed by atoms with E-state index >= 15 is 0 Å². The van der Waals surface area contributed by atoms with Crippen molar-refractivity contribution in [3.8, 4) is 0 Å². The van der Waals surface area contributed by atoms with Crippen LogP contribution in [0.25, 0.3) is 0 Å². The lowest BCUT2D eigenvalue weighted by atomic mass is 9.83. The molecule has 0 saturated carbocycles. The molecule has 0 aromatic carbocycles. The molecule has 0 radical (unpaired) electrons. The molecule has 0 saturated heterocycles. The number of hydrogen-bond acceptors (Lipinski definition) is 8. The van der Waals surface area contributed by atoms with E-state index in [0.29, 0.717) is 0 Å². The number of hydrogen-bond donors (Lipinski definition) is 1. The Morgan fingerprint density at radius 3 is 2.39 bits per heavy atom. The van der Waals surface area contributed by atoms with Crippen molar-refractivity contribution in [2.24, 2.45) is 5.92 Å². The first kappa shape index (κ1) is 23.5. The lowest BCUT2D eigenvalue weighted by Gasteiger charge is -2.45. The highest BCUT2D eigenvalue weighted by atomic mass is 16.6. The Hall–Kier alpha value is -2.58. The molecule has 3 atom stereocenters. The summed E-state index contributed by atoms with van der Waals surface area (Å²) in [6, 6.07) is -0.586. The minimum atomic E-state index is -1.28. The van der Waals surface area contributed by atoms with Crippen LogP contribution in [0.2, 0.25) is 0 Å². The lowest BCUT2D eigenvalue weighted by molar-refractivity contribution is -0.178. The van der Waals surface area contributed by atoms with Gasteiger partial charge in [-0.1, -0.05) is 13.8 Å². The van der Waals surface area contributed by atoms with Crippen molar-refractivity contribution in [2.75, 3.05) is 13.7 Å². The van der Waals surface area contributed by atoms with Gasteiger partial charge in [-0.2, -0.15) is 0 Å². The molecule has 0 aromatic rings. The van der Waals surface area contributed by atoms with Crippen molar-refractivity contribution < 1.29 is 38.1 Å². The quantitative estimate of drug-likeness (QED) is 0.479. The summed E-state index contributed by atoms with van der Waals surface area (Å²) in [6.07, 6.45) is 1.02. The molecular weight excluding hydrogens is 370 g/mol. The average molecular weight is 399 g/mol. The maximum Gasteiger partial charge on any atom is 0.372 e. The summed E-state index contributed by atoms with van der Waals surface area (Å²) in [6.45, 7) is 7.61. The summed E-state index contributed by atoms with van der Waals surface area (Å²) in [4.78, 5) is 47.0. The van der Waals surface area contributed by atoms with Gasteiger partial charge >= 0.3 is 17.9 Å². The molecule has 158 valence electrons. The Bertz CT molecular complexity index is 642. The number of methoxy groups -OCH3 is 1. The highest BCUT2D eigenvalue weighted by molar-refractivity contribution is 5.86. The van der Waals surface area contributed by atoms with Gasteiger partial charge in [0.1, 0.15) is 6.10 Å².